The van der Waals surface area contributed by atoms with Crippen LogP contribution in [0.25, 0.3) is 22.4 Å². The van der Waals surface area contributed by atoms with E-state index in [0.717, 1.165) is 11.0 Å². The zero-order valence-electron chi connectivity index (χ0n) is 40.0. The van der Waals surface area contributed by atoms with Crippen molar-refractivity contribution in [3.63, 3.8) is 0 Å². The number of aromatic nitrogens is 1. The van der Waals surface area contributed by atoms with Crippen LogP contribution >= 0.6 is 0 Å². The molecule has 5 rings (SSSR count). The Hall–Kier alpha value is -7.35. The predicted molar refractivity (Wildman–Crippen MR) is 253 cm³/mol. The minimum Gasteiger partial charge on any atom is -0.492 e. The van der Waals surface area contributed by atoms with Crippen LogP contribution in [-0.4, -0.2) is 111 Å². The van der Waals surface area contributed by atoms with Crippen LogP contribution in [0, 0.1) is 48.4 Å². The van der Waals surface area contributed by atoms with E-state index in [2.05, 4.69) is 26.3 Å². The Balaban J connectivity index is 1.57. The first-order valence-electron chi connectivity index (χ1n) is 22.9. The number of aryl methyl sites for hydroxylation is 2. The molecule has 0 saturated heterocycles. The second-order valence-corrected chi connectivity index (χ2v) is 16.6. The van der Waals surface area contributed by atoms with Crippen LogP contribution in [0.4, 0.5) is 17.6 Å². The number of fused-ring (bicyclic) bond motifs is 5. The maximum atomic E-state index is 15.4. The molecule has 3 aromatic carbocycles. The monoisotopic (exact) mass is 990 g/mol. The maximum absolute atomic E-state index is 15.4. The van der Waals surface area contributed by atoms with Gasteiger partial charge in [0.25, 0.3) is 5.91 Å². The van der Waals surface area contributed by atoms with E-state index in [-0.39, 0.29) is 81.2 Å². The number of pyridine rings is 1. The number of likely N-dealkylation sites (N-methyl/N-ethyl adjacent to an activating group) is 1. The van der Waals surface area contributed by atoms with Gasteiger partial charge in [-0.3, -0.25) is 29.0 Å². The lowest BCUT2D eigenvalue weighted by molar-refractivity contribution is -0.141. The van der Waals surface area contributed by atoms with Gasteiger partial charge in [0.05, 0.1) is 35.2 Å². The quantitative estimate of drug-likeness (QED) is 0.0308. The van der Waals surface area contributed by atoms with Gasteiger partial charge in [-0.25, -0.2) is 8.78 Å². The zero-order chi connectivity index (χ0) is 52.1. The molecule has 10 N–H and O–H groups in total. The van der Waals surface area contributed by atoms with Crippen molar-refractivity contribution < 1.29 is 55.7 Å². The predicted octanol–water partition coefficient (Wildman–Crippen LogP) is 3.28. The largest absolute Gasteiger partial charge is 0.492 e. The molecule has 0 aliphatic carbocycles. The van der Waals surface area contributed by atoms with Crippen LogP contribution in [0.1, 0.15) is 71.9 Å². The average molecular weight is 991 g/mol. The van der Waals surface area contributed by atoms with E-state index in [1.165, 1.54) is 33.9 Å². The Morgan fingerprint density at radius 1 is 0.873 bits per heavy atom. The zero-order valence-corrected chi connectivity index (χ0v) is 40.0. The number of unbranched alkanes of at least 4 members (excludes halogenated alkanes) is 1. The first-order valence-corrected chi connectivity index (χ1v) is 22.9. The topological polar surface area (TPSA) is 279 Å². The Morgan fingerprint density at radius 3 is 2.10 bits per heavy atom. The summed E-state index contributed by atoms with van der Waals surface area (Å²) in [7, 11) is 1.30. The van der Waals surface area contributed by atoms with Crippen LogP contribution in [0.3, 0.4) is 0 Å². The van der Waals surface area contributed by atoms with Gasteiger partial charge < -0.3 is 57.6 Å². The van der Waals surface area contributed by atoms with E-state index in [0.29, 0.717) is 41.0 Å². The number of benzene rings is 3. The number of nitrogens with two attached hydrogens (primary N) is 3. The maximum Gasteiger partial charge on any atom is 0.254 e. The van der Waals surface area contributed by atoms with Crippen LogP contribution < -0.4 is 52.7 Å². The van der Waals surface area contributed by atoms with E-state index in [9.17, 15) is 24.0 Å². The Kier molecular flexibility index (Phi) is 19.2. The number of hydrogen-bond donors (Lipinski definition) is 7. The van der Waals surface area contributed by atoms with Gasteiger partial charge in [-0.15, -0.1) is 0 Å². The molecule has 4 atom stereocenters. The molecule has 22 heteroatoms. The Bertz CT molecular complexity index is 2630. The number of nitrogens with one attached hydrogen (secondary N) is 4. The van der Waals surface area contributed by atoms with Crippen LogP contribution in [0.15, 0.2) is 42.5 Å². The highest BCUT2D eigenvalue weighted by Gasteiger charge is 2.37. The normalized spacial score (nSPS) is 16.1. The van der Waals surface area contributed by atoms with Crippen molar-refractivity contribution in [2.45, 2.75) is 77.5 Å². The highest BCUT2D eigenvalue weighted by atomic mass is 19.2. The number of hydrogen-bond acceptors (Lipinski definition) is 13. The second kappa shape index (κ2) is 25.0. The number of carbonyl (C=O) groups is 5. The fraction of sp³-hybridized carbons (Fsp3) is 0.408. The number of amides is 5. The highest BCUT2D eigenvalue weighted by Crippen LogP contribution is 2.41. The molecule has 0 spiro atoms. The highest BCUT2D eigenvalue weighted by molar-refractivity contribution is 6.01. The summed E-state index contributed by atoms with van der Waals surface area (Å²) in [5.74, 6) is -11.6. The summed E-state index contributed by atoms with van der Waals surface area (Å²) in [5.41, 5.74) is 17.3. The van der Waals surface area contributed by atoms with Crippen molar-refractivity contribution in [1.29, 1.82) is 5.26 Å². The third-order valence-electron chi connectivity index (χ3n) is 11.5. The van der Waals surface area contributed by atoms with Crippen LogP contribution in [-0.2, 0) is 25.6 Å². The summed E-state index contributed by atoms with van der Waals surface area (Å²) in [5, 5.41) is 19.5. The second-order valence-electron chi connectivity index (χ2n) is 16.6. The van der Waals surface area contributed by atoms with Crippen molar-refractivity contribution in [2.24, 2.45) is 17.2 Å². The molecule has 0 saturated carbocycles. The average Bonchev–Trinajstić information content (AvgIpc) is 3.34. The molecule has 2 heterocycles. The number of halogens is 4. The van der Waals surface area contributed by atoms with Gasteiger partial charge in [0.2, 0.25) is 35.3 Å². The lowest BCUT2D eigenvalue weighted by Crippen LogP contribution is -2.56. The van der Waals surface area contributed by atoms with Gasteiger partial charge in [0, 0.05) is 37.7 Å². The molecule has 5 amide bonds. The number of carbonyl (C=O) groups excluding carboxylic acids is 5. The molecule has 0 radical (unpaired) electrons. The summed E-state index contributed by atoms with van der Waals surface area (Å²) in [6, 6.07) is 7.13. The van der Waals surface area contributed by atoms with Gasteiger partial charge in [0.1, 0.15) is 55.4 Å². The van der Waals surface area contributed by atoms with Crippen LogP contribution in [0.5, 0.6) is 17.2 Å². The summed E-state index contributed by atoms with van der Waals surface area (Å²) < 4.78 is 78.1. The van der Waals surface area contributed by atoms with E-state index in [1.807, 2.05) is 6.07 Å². The molecule has 71 heavy (non-hydrogen) atoms. The Labute approximate surface area is 407 Å². The first-order chi connectivity index (χ1) is 33.9. The molecule has 0 fully saturated rings. The van der Waals surface area contributed by atoms with Gasteiger partial charge in [-0.2, -0.15) is 14.0 Å². The van der Waals surface area contributed by atoms with Crippen molar-refractivity contribution in [2.75, 3.05) is 53.0 Å². The van der Waals surface area contributed by atoms with Gasteiger partial charge in [0.15, 0.2) is 17.4 Å². The minimum absolute atomic E-state index is 0.0557. The van der Waals surface area contributed by atoms with Crippen molar-refractivity contribution in [1.82, 2.24) is 31.2 Å². The van der Waals surface area contributed by atoms with E-state index in [4.69, 9.17) is 36.7 Å². The first kappa shape index (κ1) is 54.6. The van der Waals surface area contributed by atoms with E-state index >= 15 is 17.6 Å². The summed E-state index contributed by atoms with van der Waals surface area (Å²) in [4.78, 5) is 75.7. The van der Waals surface area contributed by atoms with Crippen molar-refractivity contribution in [3.05, 3.63) is 93.7 Å². The van der Waals surface area contributed by atoms with Crippen molar-refractivity contribution in [3.8, 4) is 45.7 Å². The fourth-order valence-electron chi connectivity index (χ4n) is 7.94. The smallest absolute Gasteiger partial charge is 0.254 e. The molecule has 1 unspecified atom stereocenters. The molecular weight excluding hydrogens is 933 g/mol. The summed E-state index contributed by atoms with van der Waals surface area (Å²) in [6.07, 6.45) is 0.734. The third-order valence-corrected chi connectivity index (χ3v) is 11.5. The van der Waals surface area contributed by atoms with Gasteiger partial charge in [-0.05, 0) is 87.2 Å². The van der Waals surface area contributed by atoms with Gasteiger partial charge >= 0.3 is 0 Å². The van der Waals surface area contributed by atoms with Crippen LogP contribution in [0.2, 0.25) is 0 Å². The lowest BCUT2D eigenvalue weighted by Gasteiger charge is -2.32. The molecule has 18 nitrogen and oxygen atoms in total. The number of nitriles is 1. The van der Waals surface area contributed by atoms with E-state index in [1.54, 1.807) is 37.3 Å². The number of nitrogens with zero attached hydrogens (tertiary/aromatic N) is 3. The SMILES string of the molecule is CCCCOc1c(F)c(F)c(-c2cc(C)c(C(=O)NC(CCN)C(=O)N(C)[C@@H]3C(=O)N[C@@H](C)C(=O)N[C@H](C(=O)NCC#N)Cc4ccc(OCCN)c(c4)-c4cc3ccc4OCCN)c(C)n2)c(F)c1F. The summed E-state index contributed by atoms with van der Waals surface area (Å²) in [6.45, 7) is 5.62. The van der Waals surface area contributed by atoms with Gasteiger partial charge in [-0.1, -0.05) is 25.5 Å². The molecule has 380 valence electrons. The molecule has 1 aromatic heterocycles. The number of rotatable bonds is 19. The standard InChI is InChI=1S/C49H58F4N10O8/c1-6-7-18-71-44-41(52)39(50)38(40(51)42(44)53)33-21-25(2)37(26(3)59-33)47(66)61-32(12-13-54)49(68)63(5)43-29-9-11-36(70-20-16-57)31(24-29)30-22-28(8-10-35(30)69-19-15-56)23-34(46(65)58-17-14-55)62-45(64)27(4)60-48(43)67/h8-11,21-22,24,27,32,34,43H,6-7,12-13,15-20,23,54,56-57H2,1-5H3,(H,58,65)(H,60,67)(H,61,66)(H,62,64)/t27-,32?,34-,43-/m0/s1. The number of ether oxygens (including phenoxy) is 3. The van der Waals surface area contributed by atoms with Crippen molar-refractivity contribution >= 4 is 29.5 Å². The lowest BCUT2D eigenvalue weighted by atomic mass is 9.93. The third kappa shape index (κ3) is 12.7. The molecule has 1 aliphatic rings. The van der Waals surface area contributed by atoms with E-state index < -0.39 is 94.0 Å². The molecule has 4 bridgehead atoms. The summed E-state index contributed by atoms with van der Waals surface area (Å²) >= 11 is 0. The fourth-order valence-corrected chi connectivity index (χ4v) is 7.94. The molecule has 4 aromatic rings. The molecule has 1 aliphatic heterocycles. The minimum atomic E-state index is -1.76. The Morgan fingerprint density at radius 2 is 1.51 bits per heavy atom. The molecular formula is C49H58F4N10O8.